The number of hydrogen-bond donors (Lipinski definition) is 1. The first kappa shape index (κ1) is 15.8. The van der Waals surface area contributed by atoms with Gasteiger partial charge in [0.1, 0.15) is 0 Å². The van der Waals surface area contributed by atoms with E-state index >= 15 is 0 Å². The average molecular weight is 346 g/mol. The summed E-state index contributed by atoms with van der Waals surface area (Å²) in [5.74, 6) is 0.0142. The maximum Gasteiger partial charge on any atom is 0.441 e. The van der Waals surface area contributed by atoms with Gasteiger partial charge in [-0.15, -0.1) is 0 Å². The smallest absolute Gasteiger partial charge is 0.310 e. The van der Waals surface area contributed by atoms with Crippen molar-refractivity contribution in [2.45, 2.75) is 32.4 Å². The first-order valence-electron chi connectivity index (χ1n) is 5.48. The van der Waals surface area contributed by atoms with Crippen molar-refractivity contribution in [3.05, 3.63) is 15.9 Å². The normalized spacial score (nSPS) is 12.1. The van der Waals surface area contributed by atoms with Crippen LogP contribution in [0.25, 0.3) is 0 Å². The fourth-order valence-corrected chi connectivity index (χ4v) is 2.39. The highest BCUT2D eigenvalue weighted by atomic mass is 79.9. The highest BCUT2D eigenvalue weighted by molar-refractivity contribution is 9.10. The summed E-state index contributed by atoms with van der Waals surface area (Å²) >= 11 is 3.43. The second-order valence-corrected chi connectivity index (χ2v) is 5.59. The van der Waals surface area contributed by atoms with Gasteiger partial charge in [0.15, 0.2) is 0 Å². The van der Waals surface area contributed by atoms with E-state index in [1.807, 2.05) is 18.5 Å². The fourth-order valence-electron chi connectivity index (χ4n) is 1.48. The lowest BCUT2D eigenvalue weighted by molar-refractivity contribution is -0.0327. The van der Waals surface area contributed by atoms with Crippen LogP contribution in [0.4, 0.5) is 13.2 Å². The van der Waals surface area contributed by atoms with Crippen molar-refractivity contribution >= 4 is 27.7 Å². The minimum absolute atomic E-state index is 0.00858. The summed E-state index contributed by atoms with van der Waals surface area (Å²) in [6.07, 6.45) is 0. The lowest BCUT2D eigenvalue weighted by atomic mass is 10.3. The third-order valence-electron chi connectivity index (χ3n) is 2.29. The molecule has 0 saturated heterocycles. The molecular weight excluding hydrogens is 331 g/mol. The van der Waals surface area contributed by atoms with E-state index in [-0.39, 0.29) is 17.5 Å². The molecule has 1 aromatic heterocycles. The first-order chi connectivity index (χ1) is 8.35. The predicted molar refractivity (Wildman–Crippen MR) is 70.6 cm³/mol. The Bertz CT molecular complexity index is 392. The lowest BCUT2D eigenvalue weighted by Crippen LogP contribution is -2.20. The van der Waals surface area contributed by atoms with Crippen molar-refractivity contribution in [3.8, 4) is 0 Å². The molecule has 0 fully saturated rings. The highest BCUT2D eigenvalue weighted by Crippen LogP contribution is 2.29. The number of aryl methyl sites for hydroxylation is 2. The van der Waals surface area contributed by atoms with Gasteiger partial charge in [0, 0.05) is 25.4 Å². The topological polar surface area (TPSA) is 29.9 Å². The SMILES string of the molecule is CCn1nc(C)c(Br)c1CNCCSC(F)(F)F. The Morgan fingerprint density at radius 1 is 1.44 bits per heavy atom. The zero-order valence-electron chi connectivity index (χ0n) is 10.1. The minimum atomic E-state index is -4.15. The fraction of sp³-hybridized carbons (Fsp3) is 0.700. The van der Waals surface area contributed by atoms with E-state index in [0.717, 1.165) is 22.4 Å². The van der Waals surface area contributed by atoms with E-state index < -0.39 is 5.51 Å². The van der Waals surface area contributed by atoms with Crippen molar-refractivity contribution in [2.75, 3.05) is 12.3 Å². The Balaban J connectivity index is 2.40. The Labute approximate surface area is 117 Å². The molecule has 18 heavy (non-hydrogen) atoms. The van der Waals surface area contributed by atoms with E-state index in [1.54, 1.807) is 0 Å². The molecule has 0 aromatic carbocycles. The van der Waals surface area contributed by atoms with Crippen LogP contribution < -0.4 is 5.32 Å². The molecule has 0 saturated carbocycles. The second kappa shape index (κ2) is 6.81. The summed E-state index contributed by atoms with van der Waals surface area (Å²) < 4.78 is 38.5. The molecule has 0 aliphatic carbocycles. The van der Waals surface area contributed by atoms with Crippen LogP contribution in [0.1, 0.15) is 18.3 Å². The summed E-state index contributed by atoms with van der Waals surface area (Å²) in [5.41, 5.74) is -2.30. The van der Waals surface area contributed by atoms with Crippen molar-refractivity contribution < 1.29 is 13.2 Å². The van der Waals surface area contributed by atoms with Gasteiger partial charge in [-0.05, 0) is 41.5 Å². The predicted octanol–water partition coefficient (Wildman–Crippen LogP) is 3.32. The Morgan fingerprint density at radius 3 is 2.67 bits per heavy atom. The summed E-state index contributed by atoms with van der Waals surface area (Å²) in [7, 11) is 0. The molecule has 0 aliphatic rings. The number of alkyl halides is 3. The molecule has 0 bridgehead atoms. The average Bonchev–Trinajstić information content (AvgIpc) is 2.54. The second-order valence-electron chi connectivity index (χ2n) is 3.63. The van der Waals surface area contributed by atoms with E-state index in [0.29, 0.717) is 13.1 Å². The molecule has 0 spiro atoms. The molecule has 0 unspecified atom stereocenters. The van der Waals surface area contributed by atoms with E-state index in [4.69, 9.17) is 0 Å². The molecule has 0 radical (unpaired) electrons. The van der Waals surface area contributed by atoms with Crippen LogP contribution in [0.5, 0.6) is 0 Å². The summed E-state index contributed by atoms with van der Waals surface area (Å²) in [6.45, 7) is 5.42. The largest absolute Gasteiger partial charge is 0.441 e. The van der Waals surface area contributed by atoms with Crippen molar-refractivity contribution in [1.82, 2.24) is 15.1 Å². The number of halogens is 4. The van der Waals surface area contributed by atoms with E-state index in [1.165, 1.54) is 0 Å². The number of thioether (sulfide) groups is 1. The molecule has 0 aliphatic heterocycles. The van der Waals surface area contributed by atoms with Gasteiger partial charge in [-0.2, -0.15) is 18.3 Å². The maximum atomic E-state index is 11.9. The van der Waals surface area contributed by atoms with Gasteiger partial charge in [0.2, 0.25) is 0 Å². The molecule has 0 amide bonds. The molecule has 8 heteroatoms. The Hall–Kier alpha value is -0.210. The lowest BCUT2D eigenvalue weighted by Gasteiger charge is -2.08. The van der Waals surface area contributed by atoms with Gasteiger partial charge in [0.05, 0.1) is 15.9 Å². The van der Waals surface area contributed by atoms with Crippen LogP contribution in [0, 0.1) is 6.92 Å². The van der Waals surface area contributed by atoms with Gasteiger partial charge in [0.25, 0.3) is 0 Å². The molecule has 0 atom stereocenters. The maximum absolute atomic E-state index is 11.9. The van der Waals surface area contributed by atoms with Crippen molar-refractivity contribution in [2.24, 2.45) is 0 Å². The molecular formula is C10H15BrF3N3S. The van der Waals surface area contributed by atoms with Crippen LogP contribution in [-0.4, -0.2) is 27.6 Å². The number of rotatable bonds is 6. The molecule has 1 N–H and O–H groups in total. The monoisotopic (exact) mass is 345 g/mol. The van der Waals surface area contributed by atoms with Crippen molar-refractivity contribution in [1.29, 1.82) is 0 Å². The van der Waals surface area contributed by atoms with Gasteiger partial charge in [-0.1, -0.05) is 0 Å². The van der Waals surface area contributed by atoms with Crippen molar-refractivity contribution in [3.63, 3.8) is 0 Å². The Kier molecular flexibility index (Phi) is 6.00. The third-order valence-corrected chi connectivity index (χ3v) is 4.06. The number of nitrogens with one attached hydrogen (secondary N) is 1. The van der Waals surface area contributed by atoms with Crippen LogP contribution in [-0.2, 0) is 13.1 Å². The molecule has 104 valence electrons. The first-order valence-corrected chi connectivity index (χ1v) is 7.26. The number of nitrogens with zero attached hydrogens (tertiary/aromatic N) is 2. The number of hydrogen-bond acceptors (Lipinski definition) is 3. The zero-order valence-corrected chi connectivity index (χ0v) is 12.5. The molecule has 1 aromatic rings. The summed E-state index contributed by atoms with van der Waals surface area (Å²) in [6, 6.07) is 0. The van der Waals surface area contributed by atoms with Crippen LogP contribution in [0.15, 0.2) is 4.47 Å². The molecule has 1 rings (SSSR count). The third kappa shape index (κ3) is 4.81. The standard InChI is InChI=1S/C10H15BrF3N3S/c1-3-17-8(9(11)7(2)16-17)6-15-4-5-18-10(12,13)14/h15H,3-6H2,1-2H3. The minimum Gasteiger partial charge on any atom is -0.310 e. The van der Waals surface area contributed by atoms with Gasteiger partial charge in [-0.3, -0.25) is 4.68 Å². The van der Waals surface area contributed by atoms with Crippen LogP contribution in [0.3, 0.4) is 0 Å². The van der Waals surface area contributed by atoms with E-state index in [9.17, 15) is 13.2 Å². The zero-order chi connectivity index (χ0) is 13.8. The molecule has 1 heterocycles. The van der Waals surface area contributed by atoms with Crippen LogP contribution in [0.2, 0.25) is 0 Å². The highest BCUT2D eigenvalue weighted by Gasteiger charge is 2.27. The quantitative estimate of drug-likeness (QED) is 0.802. The van der Waals surface area contributed by atoms with Gasteiger partial charge in [-0.25, -0.2) is 0 Å². The van der Waals surface area contributed by atoms with E-state index in [2.05, 4.69) is 26.3 Å². The van der Waals surface area contributed by atoms with Gasteiger partial charge >= 0.3 is 5.51 Å². The number of aromatic nitrogens is 2. The van der Waals surface area contributed by atoms with Crippen LogP contribution >= 0.6 is 27.7 Å². The summed E-state index contributed by atoms with van der Waals surface area (Å²) in [5, 5.41) is 7.30. The summed E-state index contributed by atoms with van der Waals surface area (Å²) in [4.78, 5) is 0. The molecule has 3 nitrogen and oxygen atoms in total. The van der Waals surface area contributed by atoms with Gasteiger partial charge < -0.3 is 5.32 Å². The Morgan fingerprint density at radius 2 is 2.11 bits per heavy atom.